The second-order valence-corrected chi connectivity index (χ2v) is 6.34. The van der Waals surface area contributed by atoms with Crippen molar-refractivity contribution in [3.8, 4) is 0 Å². The first-order valence-electron chi connectivity index (χ1n) is 7.55. The van der Waals surface area contributed by atoms with E-state index in [1.54, 1.807) is 0 Å². The molecule has 2 nitrogen and oxygen atoms in total. The first kappa shape index (κ1) is 14.5. The highest BCUT2D eigenvalue weighted by molar-refractivity contribution is 5.25. The number of nitrogens with two attached hydrogens (primary N) is 1. The summed E-state index contributed by atoms with van der Waals surface area (Å²) in [6.45, 7) is 7.83. The van der Waals surface area contributed by atoms with Gasteiger partial charge in [0.25, 0.3) is 0 Å². The van der Waals surface area contributed by atoms with Gasteiger partial charge in [-0.2, -0.15) is 0 Å². The first-order chi connectivity index (χ1) is 9.02. The van der Waals surface area contributed by atoms with Crippen LogP contribution in [0.15, 0.2) is 24.3 Å². The lowest BCUT2D eigenvalue weighted by atomic mass is 9.95. The molecule has 1 aromatic rings. The normalized spacial score (nSPS) is 25.4. The molecule has 4 unspecified atom stereocenters. The van der Waals surface area contributed by atoms with E-state index in [0.29, 0.717) is 6.04 Å². The molecule has 2 rings (SSSR count). The van der Waals surface area contributed by atoms with E-state index in [-0.39, 0.29) is 6.04 Å². The van der Waals surface area contributed by atoms with Crippen molar-refractivity contribution in [3.63, 3.8) is 0 Å². The molecular formula is C17H28N2. The minimum absolute atomic E-state index is 0.210. The molecule has 0 aromatic heterocycles. The molecule has 1 aliphatic carbocycles. The molecule has 1 aromatic carbocycles. The Morgan fingerprint density at radius 1 is 1.32 bits per heavy atom. The van der Waals surface area contributed by atoms with Crippen LogP contribution < -0.4 is 5.73 Å². The zero-order chi connectivity index (χ0) is 14.0. The summed E-state index contributed by atoms with van der Waals surface area (Å²) in [5.74, 6) is 1.78. The summed E-state index contributed by atoms with van der Waals surface area (Å²) in [7, 11) is 2.23. The number of hydrogen-bond acceptors (Lipinski definition) is 2. The van der Waals surface area contributed by atoms with Gasteiger partial charge in [-0.25, -0.2) is 0 Å². The standard InChI is InChI=1S/C17H28N2/c1-5-16(18)17(14-8-6-12(2)7-9-14)19(4)11-15-10-13(15)3/h6-9,13,15-17H,5,10-11,18H2,1-4H3. The van der Waals surface area contributed by atoms with Crippen molar-refractivity contribution in [2.45, 2.75) is 45.7 Å². The fourth-order valence-electron chi connectivity index (χ4n) is 2.95. The molecule has 19 heavy (non-hydrogen) atoms. The summed E-state index contributed by atoms with van der Waals surface area (Å²) < 4.78 is 0. The topological polar surface area (TPSA) is 29.3 Å². The van der Waals surface area contributed by atoms with Crippen LogP contribution in [0.2, 0.25) is 0 Å². The number of aryl methyl sites for hydroxylation is 1. The Morgan fingerprint density at radius 2 is 1.89 bits per heavy atom. The van der Waals surface area contributed by atoms with E-state index in [2.05, 4.69) is 57.0 Å². The Hall–Kier alpha value is -0.860. The van der Waals surface area contributed by atoms with Crippen LogP contribution in [0.1, 0.15) is 43.9 Å². The second kappa shape index (κ2) is 6.06. The second-order valence-electron chi connectivity index (χ2n) is 6.34. The van der Waals surface area contributed by atoms with Crippen LogP contribution in [-0.2, 0) is 0 Å². The fourth-order valence-corrected chi connectivity index (χ4v) is 2.95. The van der Waals surface area contributed by atoms with E-state index in [1.807, 2.05) is 0 Å². The summed E-state index contributed by atoms with van der Waals surface area (Å²) in [5, 5.41) is 0. The van der Waals surface area contributed by atoms with E-state index < -0.39 is 0 Å². The third-order valence-electron chi connectivity index (χ3n) is 4.57. The number of benzene rings is 1. The van der Waals surface area contributed by atoms with Crippen LogP contribution in [-0.4, -0.2) is 24.5 Å². The molecule has 0 heterocycles. The van der Waals surface area contributed by atoms with Crippen molar-refractivity contribution < 1.29 is 0 Å². The maximum atomic E-state index is 6.38. The fraction of sp³-hybridized carbons (Fsp3) is 0.647. The van der Waals surface area contributed by atoms with E-state index in [4.69, 9.17) is 5.73 Å². The van der Waals surface area contributed by atoms with E-state index >= 15 is 0 Å². The number of hydrogen-bond donors (Lipinski definition) is 1. The Morgan fingerprint density at radius 3 is 2.37 bits per heavy atom. The Bertz CT molecular complexity index is 398. The van der Waals surface area contributed by atoms with Crippen molar-refractivity contribution >= 4 is 0 Å². The molecule has 1 fully saturated rings. The van der Waals surface area contributed by atoms with Crippen molar-refractivity contribution in [1.82, 2.24) is 4.90 Å². The minimum atomic E-state index is 0.210. The molecule has 1 aliphatic rings. The Kier molecular flexibility index (Phi) is 4.64. The van der Waals surface area contributed by atoms with Crippen LogP contribution in [0.5, 0.6) is 0 Å². The molecule has 4 atom stereocenters. The SMILES string of the molecule is CCC(N)C(c1ccc(C)cc1)N(C)CC1CC1C. The highest BCUT2D eigenvalue weighted by Gasteiger charge is 2.35. The smallest absolute Gasteiger partial charge is 0.0496 e. The summed E-state index contributed by atoms with van der Waals surface area (Å²) in [5.41, 5.74) is 9.05. The van der Waals surface area contributed by atoms with Crippen LogP contribution in [0, 0.1) is 18.8 Å². The van der Waals surface area contributed by atoms with E-state index in [0.717, 1.165) is 18.3 Å². The van der Waals surface area contributed by atoms with Gasteiger partial charge in [-0.15, -0.1) is 0 Å². The number of likely N-dealkylation sites (N-methyl/N-ethyl adjacent to an activating group) is 1. The van der Waals surface area contributed by atoms with Crippen LogP contribution in [0.25, 0.3) is 0 Å². The first-order valence-corrected chi connectivity index (χ1v) is 7.55. The molecule has 2 heteroatoms. The summed E-state index contributed by atoms with van der Waals surface area (Å²) in [6.07, 6.45) is 2.40. The molecule has 0 saturated heterocycles. The molecule has 0 aliphatic heterocycles. The lowest BCUT2D eigenvalue weighted by Gasteiger charge is -2.33. The Labute approximate surface area is 118 Å². The van der Waals surface area contributed by atoms with Gasteiger partial charge in [-0.3, -0.25) is 4.90 Å². The van der Waals surface area contributed by atoms with Gasteiger partial charge in [0.15, 0.2) is 0 Å². The van der Waals surface area contributed by atoms with E-state index in [9.17, 15) is 0 Å². The Balaban J connectivity index is 2.12. The summed E-state index contributed by atoms with van der Waals surface area (Å²) >= 11 is 0. The molecule has 0 bridgehead atoms. The summed E-state index contributed by atoms with van der Waals surface area (Å²) in [4.78, 5) is 2.47. The zero-order valence-corrected chi connectivity index (χ0v) is 12.8. The van der Waals surface area contributed by atoms with Crippen molar-refractivity contribution in [2.24, 2.45) is 17.6 Å². The van der Waals surface area contributed by atoms with Gasteiger partial charge >= 0.3 is 0 Å². The van der Waals surface area contributed by atoms with E-state index in [1.165, 1.54) is 24.1 Å². The third-order valence-corrected chi connectivity index (χ3v) is 4.57. The van der Waals surface area contributed by atoms with Gasteiger partial charge in [-0.1, -0.05) is 43.7 Å². The van der Waals surface area contributed by atoms with Crippen molar-refractivity contribution in [2.75, 3.05) is 13.6 Å². The van der Waals surface area contributed by atoms with Gasteiger partial charge in [0.05, 0.1) is 0 Å². The molecular weight excluding hydrogens is 232 g/mol. The largest absolute Gasteiger partial charge is 0.326 e. The van der Waals surface area contributed by atoms with Gasteiger partial charge in [0, 0.05) is 18.6 Å². The average molecular weight is 260 g/mol. The molecule has 2 N–H and O–H groups in total. The third kappa shape index (κ3) is 3.58. The monoisotopic (exact) mass is 260 g/mol. The summed E-state index contributed by atoms with van der Waals surface area (Å²) in [6, 6.07) is 9.42. The molecule has 1 saturated carbocycles. The quantitative estimate of drug-likeness (QED) is 0.850. The lowest BCUT2D eigenvalue weighted by Crippen LogP contribution is -2.39. The zero-order valence-electron chi connectivity index (χ0n) is 12.8. The van der Waals surface area contributed by atoms with Crippen LogP contribution >= 0.6 is 0 Å². The van der Waals surface area contributed by atoms with Gasteiger partial charge < -0.3 is 5.73 Å². The van der Waals surface area contributed by atoms with Crippen LogP contribution in [0.4, 0.5) is 0 Å². The van der Waals surface area contributed by atoms with Gasteiger partial charge in [0.2, 0.25) is 0 Å². The number of nitrogens with zero attached hydrogens (tertiary/aromatic N) is 1. The van der Waals surface area contributed by atoms with Crippen LogP contribution in [0.3, 0.4) is 0 Å². The van der Waals surface area contributed by atoms with Crippen molar-refractivity contribution in [1.29, 1.82) is 0 Å². The highest BCUT2D eigenvalue weighted by Crippen LogP contribution is 2.39. The maximum absolute atomic E-state index is 6.38. The predicted molar refractivity (Wildman–Crippen MR) is 82.1 cm³/mol. The van der Waals surface area contributed by atoms with Gasteiger partial charge in [0.1, 0.15) is 0 Å². The predicted octanol–water partition coefficient (Wildman–Crippen LogP) is 3.36. The van der Waals surface area contributed by atoms with Gasteiger partial charge in [-0.05, 0) is 44.2 Å². The maximum Gasteiger partial charge on any atom is 0.0496 e. The molecule has 0 spiro atoms. The highest BCUT2D eigenvalue weighted by atomic mass is 15.2. The molecule has 106 valence electrons. The molecule has 0 radical (unpaired) electrons. The minimum Gasteiger partial charge on any atom is -0.326 e. The van der Waals surface area contributed by atoms with Crippen molar-refractivity contribution in [3.05, 3.63) is 35.4 Å². The molecule has 0 amide bonds. The average Bonchev–Trinajstić information content (AvgIpc) is 3.07. The lowest BCUT2D eigenvalue weighted by molar-refractivity contribution is 0.199. The number of rotatable bonds is 6.